The minimum Gasteiger partial charge on any atom is -0.384 e. The van der Waals surface area contributed by atoms with Crippen molar-refractivity contribution >= 4 is 11.6 Å². The number of carbonyl (C=O) groups is 1. The molecule has 0 saturated carbocycles. The summed E-state index contributed by atoms with van der Waals surface area (Å²) < 4.78 is 40.9. The number of halogens is 3. The maximum absolute atomic E-state index is 12.9. The predicted molar refractivity (Wildman–Crippen MR) is 95.2 cm³/mol. The number of nitrogens with two attached hydrogens (primary N) is 1. The number of carbonyl (C=O) groups excluding carboxylic acids is 1. The third kappa shape index (κ3) is 3.92. The fourth-order valence-corrected chi connectivity index (χ4v) is 2.70. The monoisotopic (exact) mass is 400 g/mol. The van der Waals surface area contributed by atoms with Gasteiger partial charge in [0.05, 0.1) is 6.54 Å². The van der Waals surface area contributed by atoms with Gasteiger partial charge in [0.25, 0.3) is 11.1 Å². The Morgan fingerprint density at radius 1 is 1.18 bits per heavy atom. The van der Waals surface area contributed by atoms with Gasteiger partial charge in [-0.25, -0.2) is 4.79 Å². The van der Waals surface area contributed by atoms with Crippen molar-refractivity contribution in [1.82, 2.24) is 13.7 Å². The number of hydrogen-bond donors (Lipinski definition) is 1. The number of alkyl halides is 3. The van der Waals surface area contributed by atoms with E-state index in [9.17, 15) is 32.3 Å². The molecule has 0 amide bonds. The van der Waals surface area contributed by atoms with Crippen molar-refractivity contribution < 1.29 is 18.0 Å². The van der Waals surface area contributed by atoms with E-state index in [0.29, 0.717) is 15.2 Å². The normalized spacial score (nSPS) is 11.8. The van der Waals surface area contributed by atoms with Crippen LogP contribution in [0.25, 0.3) is 0 Å². The van der Waals surface area contributed by atoms with E-state index in [1.807, 2.05) is 0 Å². The van der Waals surface area contributed by atoms with Crippen molar-refractivity contribution in [2.75, 3.05) is 5.73 Å². The number of nitrogens with zero attached hydrogens (tertiary/aromatic N) is 3. The lowest BCUT2D eigenvalue weighted by Crippen LogP contribution is -2.44. The van der Waals surface area contributed by atoms with Crippen molar-refractivity contribution in [3.63, 3.8) is 0 Å². The van der Waals surface area contributed by atoms with Gasteiger partial charge in [-0.15, -0.1) is 0 Å². The molecule has 152 valence electrons. The summed E-state index contributed by atoms with van der Waals surface area (Å²) in [6.07, 6.45) is -3.89. The number of anilines is 1. The topological polar surface area (TPSA) is 109 Å². The van der Waals surface area contributed by atoms with Crippen molar-refractivity contribution in [1.29, 1.82) is 0 Å². The third-order valence-electron chi connectivity index (χ3n) is 4.05. The molecule has 2 aromatic rings. The fourth-order valence-electron chi connectivity index (χ4n) is 2.70. The molecule has 2 N–H and O–H groups in total. The van der Waals surface area contributed by atoms with Gasteiger partial charge in [0.15, 0.2) is 5.78 Å². The molecule has 0 radical (unpaired) electrons. The van der Waals surface area contributed by atoms with Gasteiger partial charge in [0, 0.05) is 19.8 Å². The van der Waals surface area contributed by atoms with Crippen LogP contribution in [-0.4, -0.2) is 19.5 Å². The molecule has 0 unspecified atom stereocenters. The van der Waals surface area contributed by atoms with Gasteiger partial charge >= 0.3 is 11.9 Å². The maximum atomic E-state index is 12.9. The average Bonchev–Trinajstić information content (AvgIpc) is 2.57. The van der Waals surface area contributed by atoms with Gasteiger partial charge in [0.2, 0.25) is 0 Å². The maximum Gasteiger partial charge on any atom is 0.421 e. The van der Waals surface area contributed by atoms with E-state index in [2.05, 4.69) is 0 Å². The second kappa shape index (κ2) is 7.49. The van der Waals surface area contributed by atoms with Crippen LogP contribution in [0, 0.1) is 5.92 Å². The highest BCUT2D eigenvalue weighted by molar-refractivity contribution is 5.99. The van der Waals surface area contributed by atoms with Crippen molar-refractivity contribution in [3.8, 4) is 0 Å². The van der Waals surface area contributed by atoms with Crippen LogP contribution in [-0.2, 0) is 26.3 Å². The van der Waals surface area contributed by atoms with Crippen LogP contribution in [0.3, 0.4) is 0 Å². The summed E-state index contributed by atoms with van der Waals surface area (Å²) in [5.74, 6) is -1.39. The SMILES string of the molecule is CC(C)Cn1c(N)c(C(=O)Cn2cccc(C(F)(F)F)c2=O)c(=O)n(C)c1=O. The molecule has 28 heavy (non-hydrogen) atoms. The number of Topliss-reactive ketones (excluding diaryl/α,β-unsaturated/α-hetero) is 1. The smallest absolute Gasteiger partial charge is 0.384 e. The average molecular weight is 400 g/mol. The molecule has 2 aromatic heterocycles. The van der Waals surface area contributed by atoms with Crippen LogP contribution in [0.5, 0.6) is 0 Å². The number of nitrogen functional groups attached to an aromatic ring is 1. The minimum absolute atomic E-state index is 0.0356. The summed E-state index contributed by atoms with van der Waals surface area (Å²) in [7, 11) is 1.16. The van der Waals surface area contributed by atoms with E-state index >= 15 is 0 Å². The van der Waals surface area contributed by atoms with Gasteiger partial charge < -0.3 is 10.3 Å². The van der Waals surface area contributed by atoms with Gasteiger partial charge in [0.1, 0.15) is 16.9 Å². The van der Waals surface area contributed by atoms with E-state index in [-0.39, 0.29) is 18.3 Å². The summed E-state index contributed by atoms with van der Waals surface area (Å²) in [6.45, 7) is 2.88. The number of pyridine rings is 1. The van der Waals surface area contributed by atoms with Crippen molar-refractivity contribution in [2.24, 2.45) is 13.0 Å². The molecule has 0 spiro atoms. The first-order valence-electron chi connectivity index (χ1n) is 8.25. The Kier molecular flexibility index (Phi) is 5.67. The molecule has 0 aliphatic rings. The minimum atomic E-state index is -4.89. The molecule has 11 heteroatoms. The van der Waals surface area contributed by atoms with Crippen LogP contribution in [0.4, 0.5) is 19.0 Å². The molecule has 0 aliphatic heterocycles. The molecular weight excluding hydrogens is 381 g/mol. The number of hydrogen-bond acceptors (Lipinski definition) is 5. The lowest BCUT2D eigenvalue weighted by atomic mass is 10.1. The summed E-state index contributed by atoms with van der Waals surface area (Å²) in [5, 5.41) is 0. The van der Waals surface area contributed by atoms with Crippen LogP contribution < -0.4 is 22.5 Å². The van der Waals surface area contributed by atoms with E-state index in [4.69, 9.17) is 5.73 Å². The molecule has 0 aliphatic carbocycles. The molecule has 2 rings (SSSR count). The summed E-state index contributed by atoms with van der Waals surface area (Å²) in [4.78, 5) is 49.2. The molecule has 8 nitrogen and oxygen atoms in total. The zero-order chi connectivity index (χ0) is 21.4. The van der Waals surface area contributed by atoms with E-state index in [1.54, 1.807) is 13.8 Å². The highest BCUT2D eigenvalue weighted by Crippen LogP contribution is 2.26. The molecular formula is C17H19F3N4O4. The zero-order valence-electron chi connectivity index (χ0n) is 15.4. The highest BCUT2D eigenvalue weighted by Gasteiger charge is 2.34. The first-order valence-corrected chi connectivity index (χ1v) is 8.25. The van der Waals surface area contributed by atoms with Crippen molar-refractivity contribution in [2.45, 2.75) is 33.1 Å². The van der Waals surface area contributed by atoms with Crippen LogP contribution >= 0.6 is 0 Å². The lowest BCUT2D eigenvalue weighted by molar-refractivity contribution is -0.138. The van der Waals surface area contributed by atoms with E-state index < -0.39 is 46.4 Å². The Balaban J connectivity index is 2.58. The standard InChI is InChI=1S/C17H19F3N4O4/c1-9(2)7-24-13(21)12(15(27)22(3)16(24)28)11(25)8-23-6-4-5-10(14(23)26)17(18,19)20/h4-6,9H,7-8,21H2,1-3H3. The summed E-state index contributed by atoms with van der Waals surface area (Å²) >= 11 is 0. The molecule has 0 atom stereocenters. The first-order chi connectivity index (χ1) is 12.9. The Labute approximate surface area is 156 Å². The van der Waals surface area contributed by atoms with E-state index in [0.717, 1.165) is 23.9 Å². The molecule has 2 heterocycles. The summed E-state index contributed by atoms with van der Waals surface area (Å²) in [5.41, 5.74) is 0.750. The van der Waals surface area contributed by atoms with E-state index in [1.165, 1.54) is 0 Å². The molecule has 0 bridgehead atoms. The fraction of sp³-hybridized carbons (Fsp3) is 0.412. The highest BCUT2D eigenvalue weighted by atomic mass is 19.4. The quantitative estimate of drug-likeness (QED) is 0.749. The zero-order valence-corrected chi connectivity index (χ0v) is 15.4. The van der Waals surface area contributed by atoms with Crippen LogP contribution in [0.2, 0.25) is 0 Å². The van der Waals surface area contributed by atoms with Gasteiger partial charge in [-0.3, -0.25) is 23.5 Å². The lowest BCUT2D eigenvalue weighted by Gasteiger charge is -2.16. The van der Waals surface area contributed by atoms with Gasteiger partial charge in [-0.1, -0.05) is 13.8 Å². The van der Waals surface area contributed by atoms with Crippen LogP contribution in [0.1, 0.15) is 29.8 Å². The second-order valence-electron chi connectivity index (χ2n) is 6.69. The number of rotatable bonds is 5. The largest absolute Gasteiger partial charge is 0.421 e. The third-order valence-corrected chi connectivity index (χ3v) is 4.05. The second-order valence-corrected chi connectivity index (χ2v) is 6.69. The Bertz CT molecular complexity index is 1090. The van der Waals surface area contributed by atoms with Crippen LogP contribution in [0.15, 0.2) is 32.7 Å². The van der Waals surface area contributed by atoms with Gasteiger partial charge in [-0.05, 0) is 18.1 Å². The summed E-state index contributed by atoms with van der Waals surface area (Å²) in [6, 6.07) is 1.57. The molecule has 0 saturated heterocycles. The Morgan fingerprint density at radius 3 is 2.32 bits per heavy atom. The number of ketones is 1. The first kappa shape index (κ1) is 21.2. The Morgan fingerprint density at radius 2 is 1.79 bits per heavy atom. The molecule has 0 aromatic carbocycles. The van der Waals surface area contributed by atoms with Gasteiger partial charge in [-0.2, -0.15) is 13.2 Å². The predicted octanol–water partition coefficient (Wildman–Crippen LogP) is 0.849. The number of aromatic nitrogens is 3. The Hall–Kier alpha value is -3.11. The molecule has 0 fully saturated rings. The van der Waals surface area contributed by atoms with Crippen molar-refractivity contribution in [3.05, 3.63) is 60.6 Å².